The zero-order chi connectivity index (χ0) is 61.6. The standard InChI is InChI=1S/C71H129NO13/c1-3-5-7-9-11-13-15-16-17-18-19-20-21-22-23-24-25-26-27-28-29-30-31-32-33-34-35-36-37-38-39-40-41-42-43-44-45-47-49-51-53-55-63(76)72-59(60(75)54-52-50-48-46-14-12-10-8-6-4-2)58-82-70-68(81)66(79)69(62(57-74)84-70)85-71-67(80)65(78)64(77)61(56-73)83-71/h5,7,11,13,16-17,19-20,52,54,59-62,64-71,73-75,77-81H,3-4,6,8-10,12,14-15,18,21-51,53,55-58H2,1-2H3,(H,72,76)/b7-5-,13-11-,17-16-,20-19-,54-52+. The number of amides is 1. The van der Waals surface area contributed by atoms with Gasteiger partial charge in [0.05, 0.1) is 32.0 Å². The van der Waals surface area contributed by atoms with Gasteiger partial charge < -0.3 is 65.1 Å². The lowest BCUT2D eigenvalue weighted by Crippen LogP contribution is -2.65. The number of hydrogen-bond donors (Lipinski definition) is 9. The molecule has 2 fully saturated rings. The van der Waals surface area contributed by atoms with E-state index in [0.29, 0.717) is 6.42 Å². The van der Waals surface area contributed by atoms with Crippen LogP contribution in [0, 0.1) is 0 Å². The molecule has 0 bridgehead atoms. The first kappa shape index (κ1) is 78.8. The molecule has 0 aromatic heterocycles. The third-order valence-corrected chi connectivity index (χ3v) is 17.0. The molecule has 0 saturated carbocycles. The van der Waals surface area contributed by atoms with E-state index in [1.54, 1.807) is 6.08 Å². The minimum Gasteiger partial charge on any atom is -0.394 e. The molecule has 2 rings (SSSR count). The first-order valence-corrected chi connectivity index (χ1v) is 35.0. The van der Waals surface area contributed by atoms with E-state index in [0.717, 1.165) is 64.2 Å². The molecule has 14 heteroatoms. The third-order valence-electron chi connectivity index (χ3n) is 17.0. The van der Waals surface area contributed by atoms with E-state index in [1.165, 1.54) is 199 Å². The molecule has 12 unspecified atom stereocenters. The summed E-state index contributed by atoms with van der Waals surface area (Å²) in [5.41, 5.74) is 0. The van der Waals surface area contributed by atoms with Crippen molar-refractivity contribution >= 4 is 5.91 Å². The van der Waals surface area contributed by atoms with Gasteiger partial charge in [-0.1, -0.05) is 286 Å². The number of unbranched alkanes of at least 4 members (excludes halogenated alkanes) is 36. The van der Waals surface area contributed by atoms with Crippen LogP contribution < -0.4 is 5.32 Å². The highest BCUT2D eigenvalue weighted by molar-refractivity contribution is 5.76. The summed E-state index contributed by atoms with van der Waals surface area (Å²) in [6, 6.07) is -0.912. The van der Waals surface area contributed by atoms with Crippen LogP contribution in [0.25, 0.3) is 0 Å². The van der Waals surface area contributed by atoms with Crippen molar-refractivity contribution in [1.82, 2.24) is 5.32 Å². The Hall–Kier alpha value is -2.31. The number of aliphatic hydroxyl groups is 8. The molecule has 85 heavy (non-hydrogen) atoms. The SMILES string of the molecule is CC/C=C\C/C=C\C/C=C\C/C=C\CCCCCCCCCCCCCCCCCCCCCCCCCCCCCCC(=O)NC(COC1OC(CO)C(OC2OC(CO)C(O)C(O)C2O)C(O)C1O)C(O)/C=C/CCCCCCCCCC. The van der Waals surface area contributed by atoms with Crippen LogP contribution in [0.1, 0.15) is 290 Å². The summed E-state index contributed by atoms with van der Waals surface area (Å²) in [7, 11) is 0. The van der Waals surface area contributed by atoms with E-state index in [4.69, 9.17) is 18.9 Å². The van der Waals surface area contributed by atoms with Crippen LogP contribution in [-0.4, -0.2) is 140 Å². The van der Waals surface area contributed by atoms with Gasteiger partial charge in [-0.05, 0) is 57.8 Å². The molecule has 9 N–H and O–H groups in total. The number of allylic oxidation sites excluding steroid dienone is 9. The van der Waals surface area contributed by atoms with Gasteiger partial charge in [-0.15, -0.1) is 0 Å². The zero-order valence-corrected chi connectivity index (χ0v) is 53.8. The monoisotopic (exact) mass is 1200 g/mol. The van der Waals surface area contributed by atoms with Crippen LogP contribution in [0.5, 0.6) is 0 Å². The minimum atomic E-state index is -1.79. The van der Waals surface area contributed by atoms with Crippen molar-refractivity contribution in [3.63, 3.8) is 0 Å². The number of carbonyl (C=O) groups excluding carboxylic acids is 1. The zero-order valence-electron chi connectivity index (χ0n) is 53.8. The second kappa shape index (κ2) is 55.7. The van der Waals surface area contributed by atoms with Gasteiger partial charge >= 0.3 is 0 Å². The molecule has 2 aliphatic rings. The van der Waals surface area contributed by atoms with Crippen molar-refractivity contribution in [2.75, 3.05) is 19.8 Å². The van der Waals surface area contributed by atoms with Gasteiger partial charge in [-0.3, -0.25) is 4.79 Å². The van der Waals surface area contributed by atoms with Crippen LogP contribution >= 0.6 is 0 Å². The van der Waals surface area contributed by atoms with Crippen LogP contribution in [-0.2, 0) is 23.7 Å². The molecular formula is C71H129NO13. The first-order valence-electron chi connectivity index (χ1n) is 35.0. The topological polar surface area (TPSA) is 228 Å². The maximum atomic E-state index is 13.3. The Kier molecular flexibility index (Phi) is 51.7. The summed E-state index contributed by atoms with van der Waals surface area (Å²) in [4.78, 5) is 13.3. The lowest BCUT2D eigenvalue weighted by atomic mass is 9.97. The fourth-order valence-electron chi connectivity index (χ4n) is 11.4. The average molecular weight is 1200 g/mol. The van der Waals surface area contributed by atoms with Crippen LogP contribution in [0.15, 0.2) is 60.8 Å². The van der Waals surface area contributed by atoms with Gasteiger partial charge in [0.2, 0.25) is 5.91 Å². The van der Waals surface area contributed by atoms with Crippen LogP contribution in [0.3, 0.4) is 0 Å². The van der Waals surface area contributed by atoms with Gasteiger partial charge in [-0.2, -0.15) is 0 Å². The highest BCUT2D eigenvalue weighted by atomic mass is 16.7. The second-order valence-corrected chi connectivity index (χ2v) is 24.6. The van der Waals surface area contributed by atoms with Crippen molar-refractivity contribution < 1.29 is 64.6 Å². The fourth-order valence-corrected chi connectivity index (χ4v) is 11.4. The van der Waals surface area contributed by atoms with Crippen LogP contribution in [0.2, 0.25) is 0 Å². The molecule has 2 aliphatic heterocycles. The van der Waals surface area contributed by atoms with Gasteiger partial charge in [-0.25, -0.2) is 0 Å². The summed E-state index contributed by atoms with van der Waals surface area (Å²) in [6.45, 7) is 2.67. The number of ether oxygens (including phenoxy) is 4. The lowest BCUT2D eigenvalue weighted by Gasteiger charge is -2.46. The van der Waals surface area contributed by atoms with E-state index >= 15 is 0 Å². The molecule has 496 valence electrons. The minimum absolute atomic E-state index is 0.237. The molecular weight excluding hydrogens is 1070 g/mol. The normalized spacial score (nSPS) is 23.9. The number of rotatable bonds is 57. The average Bonchev–Trinajstić information content (AvgIpc) is 2.93. The predicted molar refractivity (Wildman–Crippen MR) is 346 cm³/mol. The number of nitrogens with one attached hydrogen (secondary N) is 1. The molecule has 0 aliphatic carbocycles. The van der Waals surface area contributed by atoms with Crippen LogP contribution in [0.4, 0.5) is 0 Å². The van der Waals surface area contributed by atoms with E-state index < -0.39 is 86.8 Å². The second-order valence-electron chi connectivity index (χ2n) is 24.6. The first-order chi connectivity index (χ1) is 41.6. The van der Waals surface area contributed by atoms with Gasteiger partial charge in [0.1, 0.15) is 48.8 Å². The van der Waals surface area contributed by atoms with Gasteiger partial charge in [0, 0.05) is 6.42 Å². The van der Waals surface area contributed by atoms with E-state index in [1.807, 2.05) is 6.08 Å². The summed E-state index contributed by atoms with van der Waals surface area (Å²) >= 11 is 0. The van der Waals surface area contributed by atoms with Crippen molar-refractivity contribution in [2.45, 2.75) is 364 Å². The Balaban J connectivity index is 1.50. The van der Waals surface area contributed by atoms with E-state index in [9.17, 15) is 45.6 Å². The molecule has 0 aromatic carbocycles. The Morgan fingerprint density at radius 1 is 0.435 bits per heavy atom. The molecule has 0 spiro atoms. The molecule has 1 amide bonds. The largest absolute Gasteiger partial charge is 0.394 e. The highest BCUT2D eigenvalue weighted by Crippen LogP contribution is 2.30. The summed E-state index contributed by atoms with van der Waals surface area (Å²) < 4.78 is 22.8. The molecule has 14 nitrogen and oxygen atoms in total. The fraction of sp³-hybridized carbons (Fsp3) is 0.845. The maximum Gasteiger partial charge on any atom is 0.220 e. The quantitative estimate of drug-likeness (QED) is 0.0204. The number of hydrogen-bond acceptors (Lipinski definition) is 13. The van der Waals surface area contributed by atoms with Crippen molar-refractivity contribution in [3.05, 3.63) is 60.8 Å². The lowest BCUT2D eigenvalue weighted by molar-refractivity contribution is -0.359. The Labute approximate surface area is 517 Å². The smallest absolute Gasteiger partial charge is 0.220 e. The number of aliphatic hydroxyl groups excluding tert-OH is 8. The third kappa shape index (κ3) is 40.1. The summed E-state index contributed by atoms with van der Waals surface area (Å²) in [5, 5.41) is 87.0. The predicted octanol–water partition coefficient (Wildman–Crippen LogP) is 14.1. The Morgan fingerprint density at radius 3 is 1.25 bits per heavy atom. The van der Waals surface area contributed by atoms with Crippen molar-refractivity contribution in [2.24, 2.45) is 0 Å². The van der Waals surface area contributed by atoms with E-state index in [2.05, 4.69) is 67.8 Å². The molecule has 12 atom stereocenters. The molecule has 0 radical (unpaired) electrons. The van der Waals surface area contributed by atoms with Gasteiger partial charge in [0.25, 0.3) is 0 Å². The molecule has 2 heterocycles. The highest BCUT2D eigenvalue weighted by Gasteiger charge is 2.51. The van der Waals surface area contributed by atoms with E-state index in [-0.39, 0.29) is 18.9 Å². The van der Waals surface area contributed by atoms with Gasteiger partial charge in [0.15, 0.2) is 12.6 Å². The summed E-state index contributed by atoms with van der Waals surface area (Å²) in [5.74, 6) is -0.237. The van der Waals surface area contributed by atoms with Crippen molar-refractivity contribution in [3.8, 4) is 0 Å². The van der Waals surface area contributed by atoms with Crippen molar-refractivity contribution in [1.29, 1.82) is 0 Å². The Bertz CT molecular complexity index is 1660. The summed E-state index contributed by atoms with van der Waals surface area (Å²) in [6.07, 6.45) is 57.6. The Morgan fingerprint density at radius 2 is 0.812 bits per heavy atom. The maximum absolute atomic E-state index is 13.3. The molecule has 0 aromatic rings. The molecule has 2 saturated heterocycles. The number of carbonyl (C=O) groups is 1.